The lowest BCUT2D eigenvalue weighted by molar-refractivity contribution is -0.161. The average Bonchev–Trinajstić information content (AvgIpc) is 2.80. The van der Waals surface area contributed by atoms with Crippen molar-refractivity contribution in [2.45, 2.75) is 103 Å². The zero-order chi connectivity index (χ0) is 25.5. The van der Waals surface area contributed by atoms with Crippen LogP contribution in [0.4, 0.5) is 0 Å². The third-order valence-corrected chi connectivity index (χ3v) is 5.86. The molecule has 0 rings (SSSR count). The molecule has 9 nitrogen and oxygen atoms in total. The van der Waals surface area contributed by atoms with Crippen molar-refractivity contribution in [2.24, 2.45) is 5.73 Å². The summed E-state index contributed by atoms with van der Waals surface area (Å²) < 4.78 is 31.7. The van der Waals surface area contributed by atoms with Gasteiger partial charge in [-0.2, -0.15) is 0 Å². The molecule has 0 heterocycles. The fourth-order valence-electron chi connectivity index (χ4n) is 3.02. The van der Waals surface area contributed by atoms with Crippen LogP contribution in [0.3, 0.4) is 0 Å². The largest absolute Gasteiger partial charge is 0.472 e. The minimum atomic E-state index is -4.33. The number of carbonyl (C=O) groups excluding carboxylic acids is 2. The maximum atomic E-state index is 12.2. The van der Waals surface area contributed by atoms with Gasteiger partial charge in [0.1, 0.15) is 6.61 Å². The van der Waals surface area contributed by atoms with Gasteiger partial charge in [0.05, 0.1) is 13.2 Å². The lowest BCUT2D eigenvalue weighted by Gasteiger charge is -2.19. The molecule has 0 aliphatic heterocycles. The second-order valence-electron chi connectivity index (χ2n) is 8.20. The molecule has 0 radical (unpaired) electrons. The number of esters is 2. The minimum absolute atomic E-state index is 0.0523. The molecule has 0 aliphatic carbocycles. The second kappa shape index (κ2) is 22.2. The normalized spacial score (nSPS) is 14.1. The number of phosphoric ester groups is 1. The fourth-order valence-corrected chi connectivity index (χ4v) is 3.78. The first-order chi connectivity index (χ1) is 16.3. The van der Waals surface area contributed by atoms with Crippen molar-refractivity contribution < 1.29 is 37.6 Å². The standard InChI is InChI=1S/C24H46NO8P/c1-3-5-6-7-8-9-10-11-12-13-14-15-17-24(27)33-22(20-30-23(26)16-4-2)21-32-34(28,29)31-19-18-25/h8-9,22H,3-7,10-21,25H2,1-2H3,(H,28,29)/b9-8-. The van der Waals surface area contributed by atoms with Crippen LogP contribution < -0.4 is 5.73 Å². The van der Waals surface area contributed by atoms with E-state index >= 15 is 0 Å². The number of nitrogens with two attached hydrogens (primary N) is 1. The van der Waals surface area contributed by atoms with Crippen LogP contribution in [0.15, 0.2) is 12.2 Å². The van der Waals surface area contributed by atoms with Crippen LogP contribution >= 0.6 is 7.82 Å². The topological polar surface area (TPSA) is 134 Å². The molecule has 200 valence electrons. The molecule has 3 N–H and O–H groups in total. The Kier molecular flexibility index (Phi) is 21.4. The third-order valence-electron chi connectivity index (χ3n) is 4.87. The molecule has 0 saturated carbocycles. The van der Waals surface area contributed by atoms with Gasteiger partial charge in [0.15, 0.2) is 6.10 Å². The van der Waals surface area contributed by atoms with Gasteiger partial charge in [-0.3, -0.25) is 18.6 Å². The number of unbranched alkanes of at least 4 members (excludes halogenated alkanes) is 8. The van der Waals surface area contributed by atoms with E-state index in [1.54, 1.807) is 0 Å². The summed E-state index contributed by atoms with van der Waals surface area (Å²) in [5, 5.41) is 0. The van der Waals surface area contributed by atoms with Crippen molar-refractivity contribution in [3.05, 3.63) is 12.2 Å². The number of allylic oxidation sites excluding steroid dienone is 2. The van der Waals surface area contributed by atoms with Crippen LogP contribution in [0.2, 0.25) is 0 Å². The van der Waals surface area contributed by atoms with Crippen molar-refractivity contribution in [1.29, 1.82) is 0 Å². The Morgan fingerprint density at radius 3 is 2.15 bits per heavy atom. The molecule has 0 aromatic carbocycles. The lowest BCUT2D eigenvalue weighted by atomic mass is 10.1. The molecular formula is C24H46NO8P. The molecule has 0 amide bonds. The smallest absolute Gasteiger partial charge is 0.462 e. The quantitative estimate of drug-likeness (QED) is 0.0828. The molecule has 2 unspecified atom stereocenters. The van der Waals surface area contributed by atoms with E-state index in [0.29, 0.717) is 12.8 Å². The fraction of sp³-hybridized carbons (Fsp3) is 0.833. The van der Waals surface area contributed by atoms with Gasteiger partial charge < -0.3 is 20.1 Å². The van der Waals surface area contributed by atoms with Gasteiger partial charge in [-0.1, -0.05) is 58.1 Å². The first kappa shape index (κ1) is 32.8. The van der Waals surface area contributed by atoms with Crippen LogP contribution in [0.5, 0.6) is 0 Å². The molecular weight excluding hydrogens is 461 g/mol. The SMILES string of the molecule is CCCCC/C=C\CCCCCCCC(=O)OC(COC(=O)CCC)COP(=O)(O)OCCN. The van der Waals surface area contributed by atoms with Gasteiger partial charge in [0.25, 0.3) is 0 Å². The van der Waals surface area contributed by atoms with E-state index in [2.05, 4.69) is 23.6 Å². The van der Waals surface area contributed by atoms with Gasteiger partial charge in [0.2, 0.25) is 0 Å². The van der Waals surface area contributed by atoms with E-state index in [9.17, 15) is 19.0 Å². The number of rotatable bonds is 23. The molecule has 10 heteroatoms. The van der Waals surface area contributed by atoms with Crippen LogP contribution in [0.1, 0.15) is 97.3 Å². The van der Waals surface area contributed by atoms with Crippen molar-refractivity contribution in [3.63, 3.8) is 0 Å². The van der Waals surface area contributed by atoms with E-state index in [0.717, 1.165) is 38.5 Å². The lowest BCUT2D eigenvalue weighted by Crippen LogP contribution is -2.29. The molecule has 34 heavy (non-hydrogen) atoms. The van der Waals surface area contributed by atoms with Crippen molar-refractivity contribution in [1.82, 2.24) is 0 Å². The van der Waals surface area contributed by atoms with Gasteiger partial charge in [-0.15, -0.1) is 0 Å². The van der Waals surface area contributed by atoms with E-state index in [1.165, 1.54) is 19.3 Å². The van der Waals surface area contributed by atoms with Crippen LogP contribution in [0, 0.1) is 0 Å². The molecule has 0 fully saturated rings. The molecule has 0 saturated heterocycles. The summed E-state index contributed by atoms with van der Waals surface area (Å²) in [6, 6.07) is 0. The first-order valence-electron chi connectivity index (χ1n) is 12.7. The molecule has 0 aromatic rings. The van der Waals surface area contributed by atoms with Crippen LogP contribution in [0.25, 0.3) is 0 Å². The highest BCUT2D eigenvalue weighted by atomic mass is 31.2. The summed E-state index contributed by atoms with van der Waals surface area (Å²) in [5.74, 6) is -0.906. The van der Waals surface area contributed by atoms with Gasteiger partial charge in [0, 0.05) is 19.4 Å². The Morgan fingerprint density at radius 1 is 0.853 bits per heavy atom. The predicted molar refractivity (Wildman–Crippen MR) is 132 cm³/mol. The van der Waals surface area contributed by atoms with Crippen LogP contribution in [-0.4, -0.2) is 49.3 Å². The number of hydrogen-bond donors (Lipinski definition) is 2. The Labute approximate surface area is 205 Å². The van der Waals surface area contributed by atoms with Crippen molar-refractivity contribution >= 4 is 19.8 Å². The molecule has 0 spiro atoms. The van der Waals surface area contributed by atoms with Crippen molar-refractivity contribution in [3.8, 4) is 0 Å². The maximum absolute atomic E-state index is 12.2. The summed E-state index contributed by atoms with van der Waals surface area (Å²) in [5.41, 5.74) is 5.24. The molecule has 2 atom stereocenters. The Hall–Kier alpha value is -1.25. The van der Waals surface area contributed by atoms with Crippen LogP contribution in [-0.2, 0) is 32.7 Å². The Bertz CT molecular complexity index is 600. The second-order valence-corrected chi connectivity index (χ2v) is 9.66. The summed E-state index contributed by atoms with van der Waals surface area (Å²) in [4.78, 5) is 33.4. The van der Waals surface area contributed by atoms with E-state index in [4.69, 9.17) is 19.7 Å². The highest BCUT2D eigenvalue weighted by Gasteiger charge is 2.25. The molecule has 0 aromatic heterocycles. The summed E-state index contributed by atoms with van der Waals surface area (Å²) in [7, 11) is -4.33. The zero-order valence-corrected chi connectivity index (χ0v) is 22.0. The number of hydrogen-bond acceptors (Lipinski definition) is 8. The predicted octanol–water partition coefficient (Wildman–Crippen LogP) is 5.20. The monoisotopic (exact) mass is 507 g/mol. The summed E-state index contributed by atoms with van der Waals surface area (Å²) >= 11 is 0. The third kappa shape index (κ3) is 21.3. The number of phosphoric acid groups is 1. The minimum Gasteiger partial charge on any atom is -0.462 e. The van der Waals surface area contributed by atoms with Crippen molar-refractivity contribution in [2.75, 3.05) is 26.4 Å². The maximum Gasteiger partial charge on any atom is 0.472 e. The first-order valence-corrected chi connectivity index (χ1v) is 14.2. The molecule has 0 bridgehead atoms. The number of carbonyl (C=O) groups is 2. The zero-order valence-electron chi connectivity index (χ0n) is 21.1. The highest BCUT2D eigenvalue weighted by Crippen LogP contribution is 2.43. The molecule has 0 aliphatic rings. The van der Waals surface area contributed by atoms with Gasteiger partial charge in [-0.05, 0) is 38.5 Å². The summed E-state index contributed by atoms with van der Waals surface area (Å²) in [6.45, 7) is 3.25. The highest BCUT2D eigenvalue weighted by molar-refractivity contribution is 7.47. The van der Waals surface area contributed by atoms with E-state index in [1.807, 2.05) is 6.92 Å². The Morgan fingerprint density at radius 2 is 1.50 bits per heavy atom. The van der Waals surface area contributed by atoms with E-state index in [-0.39, 0.29) is 32.6 Å². The van der Waals surface area contributed by atoms with Gasteiger partial charge >= 0.3 is 19.8 Å². The average molecular weight is 508 g/mol. The van der Waals surface area contributed by atoms with E-state index < -0.39 is 32.5 Å². The number of ether oxygens (including phenoxy) is 2. The Balaban J connectivity index is 4.20. The summed E-state index contributed by atoms with van der Waals surface area (Å²) in [6.07, 6.45) is 15.6. The van der Waals surface area contributed by atoms with Gasteiger partial charge in [-0.25, -0.2) is 4.57 Å².